The molecule has 0 saturated carbocycles. The first-order valence-electron chi connectivity index (χ1n) is 4.50. The maximum atomic E-state index is 9.72. The van der Waals surface area contributed by atoms with Crippen LogP contribution in [0.15, 0.2) is 48.2 Å². The Morgan fingerprint density at radius 2 is 1.93 bits per heavy atom. The average Bonchev–Trinajstić information content (AvgIpc) is 2.44. The van der Waals surface area contributed by atoms with Crippen molar-refractivity contribution in [2.45, 2.75) is 6.42 Å². The summed E-state index contributed by atoms with van der Waals surface area (Å²) in [7, 11) is 0. The number of aliphatic hydroxyl groups is 1. The molecule has 2 rings (SSSR count). The van der Waals surface area contributed by atoms with E-state index in [1.54, 1.807) is 12.2 Å². The fraction of sp³-hybridized carbons (Fsp3) is 0.0769. The highest BCUT2D eigenvalue weighted by Gasteiger charge is 2.05. The lowest BCUT2D eigenvalue weighted by atomic mass is 10.0. The molecule has 1 aromatic rings. The summed E-state index contributed by atoms with van der Waals surface area (Å²) >= 11 is 0. The minimum Gasteiger partial charge on any atom is -0.508 e. The maximum absolute atomic E-state index is 9.72. The molecule has 0 amide bonds. The Hall–Kier alpha value is -1.94. The Bertz CT molecular complexity index is 441. The zero-order valence-electron chi connectivity index (χ0n) is 7.70. The van der Waals surface area contributed by atoms with Crippen LogP contribution in [-0.2, 0) is 0 Å². The van der Waals surface area contributed by atoms with Gasteiger partial charge in [-0.05, 0) is 17.7 Å². The fourth-order valence-corrected chi connectivity index (χ4v) is 1.40. The molecule has 0 radical (unpaired) electrons. The molecule has 0 atom stereocenters. The summed E-state index contributed by atoms with van der Waals surface area (Å²) in [5, 5.41) is 9.72. The second-order valence-electron chi connectivity index (χ2n) is 3.06. The molecule has 0 fully saturated rings. The van der Waals surface area contributed by atoms with E-state index in [1.807, 2.05) is 30.3 Å². The van der Waals surface area contributed by atoms with Crippen molar-refractivity contribution in [3.8, 4) is 11.8 Å². The largest absolute Gasteiger partial charge is 0.508 e. The first-order valence-corrected chi connectivity index (χ1v) is 4.50. The lowest BCUT2D eigenvalue weighted by Gasteiger charge is -2.04. The smallest absolute Gasteiger partial charge is 0.120 e. The van der Waals surface area contributed by atoms with Crippen LogP contribution in [-0.4, -0.2) is 5.11 Å². The van der Waals surface area contributed by atoms with E-state index in [1.165, 1.54) is 0 Å². The highest BCUT2D eigenvalue weighted by atomic mass is 16.3. The molecule has 1 aromatic carbocycles. The SMILES string of the molecule is OC1=C(c2ccccc2)CC#CC=C1. The van der Waals surface area contributed by atoms with Crippen molar-refractivity contribution in [2.75, 3.05) is 0 Å². The Labute approximate surface area is 83.4 Å². The van der Waals surface area contributed by atoms with Gasteiger partial charge >= 0.3 is 0 Å². The number of hydrogen-bond donors (Lipinski definition) is 1. The third kappa shape index (κ3) is 1.70. The Morgan fingerprint density at radius 1 is 1.14 bits per heavy atom. The summed E-state index contributed by atoms with van der Waals surface area (Å²) < 4.78 is 0. The standard InChI is InChI=1S/C13H10O/c14-13-10-6-2-5-9-12(13)11-7-3-1-4-8-11/h1,3-4,6-8,10,14H,9H2. The van der Waals surface area contributed by atoms with Crippen LogP contribution in [0.4, 0.5) is 0 Å². The molecule has 0 spiro atoms. The topological polar surface area (TPSA) is 20.2 Å². The number of hydrogen-bond acceptors (Lipinski definition) is 1. The molecular weight excluding hydrogens is 172 g/mol. The van der Waals surface area contributed by atoms with Gasteiger partial charge in [0.1, 0.15) is 5.76 Å². The van der Waals surface area contributed by atoms with Gasteiger partial charge in [0.2, 0.25) is 0 Å². The summed E-state index contributed by atoms with van der Waals surface area (Å²) in [6.45, 7) is 0. The summed E-state index contributed by atoms with van der Waals surface area (Å²) in [6, 6.07) is 9.83. The normalized spacial score (nSPS) is 14.6. The predicted molar refractivity (Wildman–Crippen MR) is 57.5 cm³/mol. The van der Waals surface area contributed by atoms with E-state index in [-0.39, 0.29) is 0 Å². The highest BCUT2D eigenvalue weighted by Crippen LogP contribution is 2.22. The zero-order chi connectivity index (χ0) is 9.80. The van der Waals surface area contributed by atoms with Crippen LogP contribution in [0.5, 0.6) is 0 Å². The van der Waals surface area contributed by atoms with E-state index in [0.29, 0.717) is 12.2 Å². The molecule has 1 aliphatic rings. The van der Waals surface area contributed by atoms with Gasteiger partial charge in [0.25, 0.3) is 0 Å². The summed E-state index contributed by atoms with van der Waals surface area (Å²) in [5.41, 5.74) is 1.93. The molecule has 14 heavy (non-hydrogen) atoms. The maximum Gasteiger partial charge on any atom is 0.120 e. The van der Waals surface area contributed by atoms with Gasteiger partial charge in [-0.3, -0.25) is 0 Å². The Kier molecular flexibility index (Phi) is 2.38. The van der Waals surface area contributed by atoms with Crippen molar-refractivity contribution in [3.05, 3.63) is 53.8 Å². The molecule has 0 aliphatic heterocycles. The molecule has 1 nitrogen and oxygen atoms in total. The van der Waals surface area contributed by atoms with Crippen molar-refractivity contribution in [3.63, 3.8) is 0 Å². The number of aliphatic hydroxyl groups excluding tert-OH is 1. The van der Waals surface area contributed by atoms with E-state index in [0.717, 1.165) is 11.1 Å². The van der Waals surface area contributed by atoms with Crippen LogP contribution in [0.2, 0.25) is 0 Å². The molecule has 68 valence electrons. The molecule has 0 unspecified atom stereocenters. The molecular formula is C13H10O. The summed E-state index contributed by atoms with van der Waals surface area (Å²) in [5.74, 6) is 6.12. The van der Waals surface area contributed by atoms with Crippen molar-refractivity contribution < 1.29 is 5.11 Å². The zero-order valence-corrected chi connectivity index (χ0v) is 7.70. The third-order valence-corrected chi connectivity index (χ3v) is 2.12. The monoisotopic (exact) mass is 182 g/mol. The minimum atomic E-state index is 0.300. The van der Waals surface area contributed by atoms with Gasteiger partial charge in [-0.25, -0.2) is 0 Å². The fourth-order valence-electron chi connectivity index (χ4n) is 1.40. The van der Waals surface area contributed by atoms with Crippen LogP contribution in [0, 0.1) is 11.8 Å². The predicted octanol–water partition coefficient (Wildman–Crippen LogP) is 2.92. The van der Waals surface area contributed by atoms with Crippen molar-refractivity contribution in [1.82, 2.24) is 0 Å². The van der Waals surface area contributed by atoms with Crippen molar-refractivity contribution in [1.29, 1.82) is 0 Å². The number of rotatable bonds is 1. The number of benzene rings is 1. The average molecular weight is 182 g/mol. The van der Waals surface area contributed by atoms with Crippen LogP contribution >= 0.6 is 0 Å². The van der Waals surface area contributed by atoms with Crippen LogP contribution in [0.1, 0.15) is 12.0 Å². The van der Waals surface area contributed by atoms with Gasteiger partial charge < -0.3 is 5.11 Å². The summed E-state index contributed by atoms with van der Waals surface area (Å²) in [4.78, 5) is 0. The van der Waals surface area contributed by atoms with E-state index < -0.39 is 0 Å². The second-order valence-corrected chi connectivity index (χ2v) is 3.06. The van der Waals surface area contributed by atoms with Gasteiger partial charge in [0, 0.05) is 12.0 Å². The van der Waals surface area contributed by atoms with E-state index >= 15 is 0 Å². The molecule has 0 saturated heterocycles. The quantitative estimate of drug-likeness (QED) is 0.662. The van der Waals surface area contributed by atoms with Crippen molar-refractivity contribution in [2.24, 2.45) is 0 Å². The minimum absolute atomic E-state index is 0.300. The van der Waals surface area contributed by atoms with Gasteiger partial charge in [-0.1, -0.05) is 42.2 Å². The number of allylic oxidation sites excluding steroid dienone is 3. The van der Waals surface area contributed by atoms with E-state index in [9.17, 15) is 5.11 Å². The summed E-state index contributed by atoms with van der Waals surface area (Å²) in [6.07, 6.45) is 3.91. The molecule has 0 aromatic heterocycles. The Balaban J connectivity index is 2.45. The lowest BCUT2D eigenvalue weighted by Crippen LogP contribution is -1.87. The lowest BCUT2D eigenvalue weighted by molar-refractivity contribution is 0.434. The first-order chi connectivity index (χ1) is 6.88. The Morgan fingerprint density at radius 3 is 2.71 bits per heavy atom. The third-order valence-electron chi connectivity index (χ3n) is 2.12. The molecule has 1 N–H and O–H groups in total. The van der Waals surface area contributed by atoms with Crippen LogP contribution < -0.4 is 0 Å². The van der Waals surface area contributed by atoms with Gasteiger partial charge in [-0.2, -0.15) is 0 Å². The molecule has 0 bridgehead atoms. The molecule has 0 heterocycles. The van der Waals surface area contributed by atoms with Gasteiger partial charge in [0.05, 0.1) is 0 Å². The van der Waals surface area contributed by atoms with Gasteiger partial charge in [-0.15, -0.1) is 0 Å². The second kappa shape index (κ2) is 3.85. The molecule has 1 aliphatic carbocycles. The van der Waals surface area contributed by atoms with Crippen molar-refractivity contribution >= 4 is 5.57 Å². The van der Waals surface area contributed by atoms with Crippen LogP contribution in [0.3, 0.4) is 0 Å². The van der Waals surface area contributed by atoms with E-state index in [2.05, 4.69) is 11.8 Å². The highest BCUT2D eigenvalue weighted by molar-refractivity contribution is 5.71. The van der Waals surface area contributed by atoms with Crippen LogP contribution in [0.25, 0.3) is 5.57 Å². The van der Waals surface area contributed by atoms with Gasteiger partial charge in [0.15, 0.2) is 0 Å². The molecule has 1 heteroatoms. The first kappa shape index (κ1) is 8.65. The van der Waals surface area contributed by atoms with E-state index in [4.69, 9.17) is 0 Å².